The standard InChI is InChI=1S/C35H52O8/c1-24-20-26(22-28(32(24)38)34(3,4)5)10-12-30(36)42-18-16-40-14-9-15-41-17-19-43-31(37)13-11-27-21-25(2)33(39)29(23-27)35(6,7)8/h20-23,38-39H,9-19H2,1-8H3. The lowest BCUT2D eigenvalue weighted by Crippen LogP contribution is -2.14. The van der Waals surface area contributed by atoms with Gasteiger partial charge in [-0.25, -0.2) is 0 Å². The van der Waals surface area contributed by atoms with E-state index >= 15 is 0 Å². The Labute approximate surface area is 257 Å². The molecular weight excluding hydrogens is 548 g/mol. The number of carbonyl (C=O) groups is 2. The van der Waals surface area contributed by atoms with Gasteiger partial charge in [0.25, 0.3) is 0 Å². The molecule has 0 saturated heterocycles. The number of phenolic OH excluding ortho intramolecular Hbond substituents is 2. The van der Waals surface area contributed by atoms with E-state index in [0.717, 1.165) is 33.4 Å². The smallest absolute Gasteiger partial charge is 0.306 e. The van der Waals surface area contributed by atoms with Crippen LogP contribution in [0.15, 0.2) is 24.3 Å². The molecule has 0 aliphatic rings. The Morgan fingerprint density at radius 3 is 1.33 bits per heavy atom. The van der Waals surface area contributed by atoms with Crippen molar-refractivity contribution in [2.75, 3.05) is 39.6 Å². The topological polar surface area (TPSA) is 112 Å². The second-order valence-corrected chi connectivity index (χ2v) is 13.1. The van der Waals surface area contributed by atoms with Crippen molar-refractivity contribution < 1.29 is 38.7 Å². The minimum absolute atomic E-state index is 0.187. The fourth-order valence-electron chi connectivity index (χ4n) is 4.67. The number of rotatable bonds is 16. The third kappa shape index (κ3) is 12.6. The zero-order chi connectivity index (χ0) is 32.2. The lowest BCUT2D eigenvalue weighted by molar-refractivity contribution is -0.145. The molecule has 0 aliphatic heterocycles. The van der Waals surface area contributed by atoms with Crippen molar-refractivity contribution in [3.05, 3.63) is 57.6 Å². The van der Waals surface area contributed by atoms with E-state index in [0.29, 0.717) is 57.2 Å². The van der Waals surface area contributed by atoms with Gasteiger partial charge in [-0.05, 0) is 77.3 Å². The first-order valence-electron chi connectivity index (χ1n) is 15.2. The van der Waals surface area contributed by atoms with Crippen LogP contribution in [0.5, 0.6) is 11.5 Å². The van der Waals surface area contributed by atoms with Crippen LogP contribution in [0.2, 0.25) is 0 Å². The highest BCUT2D eigenvalue weighted by molar-refractivity contribution is 5.70. The zero-order valence-corrected chi connectivity index (χ0v) is 27.4. The molecule has 0 amide bonds. The van der Waals surface area contributed by atoms with Crippen molar-refractivity contribution in [2.24, 2.45) is 0 Å². The van der Waals surface area contributed by atoms with Gasteiger partial charge in [-0.1, -0.05) is 65.8 Å². The highest BCUT2D eigenvalue weighted by Crippen LogP contribution is 2.35. The van der Waals surface area contributed by atoms with Crippen molar-refractivity contribution in [3.8, 4) is 11.5 Å². The molecule has 8 heteroatoms. The maximum absolute atomic E-state index is 12.1. The molecule has 0 fully saturated rings. The Morgan fingerprint density at radius 2 is 0.977 bits per heavy atom. The van der Waals surface area contributed by atoms with E-state index in [1.165, 1.54) is 0 Å². The molecular formula is C35H52O8. The lowest BCUT2D eigenvalue weighted by atomic mass is 9.83. The Balaban J connectivity index is 1.50. The molecule has 0 bridgehead atoms. The Kier molecular flexibility index (Phi) is 14.0. The Hall–Kier alpha value is -3.10. The van der Waals surface area contributed by atoms with Crippen LogP contribution < -0.4 is 0 Å². The quantitative estimate of drug-likeness (QED) is 0.169. The second-order valence-electron chi connectivity index (χ2n) is 13.1. The number of hydrogen-bond donors (Lipinski definition) is 2. The van der Waals surface area contributed by atoms with Crippen LogP contribution in [-0.4, -0.2) is 61.8 Å². The fourth-order valence-corrected chi connectivity index (χ4v) is 4.67. The van der Waals surface area contributed by atoms with E-state index in [1.807, 2.05) is 38.1 Å². The van der Waals surface area contributed by atoms with Gasteiger partial charge in [0.05, 0.1) is 13.2 Å². The molecule has 0 aliphatic carbocycles. The first kappa shape index (κ1) is 36.1. The van der Waals surface area contributed by atoms with E-state index in [9.17, 15) is 19.8 Å². The number of benzene rings is 2. The molecule has 2 aromatic carbocycles. The molecule has 2 N–H and O–H groups in total. The van der Waals surface area contributed by atoms with E-state index in [4.69, 9.17) is 18.9 Å². The number of aryl methyl sites for hydroxylation is 4. The third-order valence-corrected chi connectivity index (χ3v) is 7.13. The Bertz CT molecular complexity index is 1110. The van der Waals surface area contributed by atoms with Crippen molar-refractivity contribution >= 4 is 11.9 Å². The number of aromatic hydroxyl groups is 2. The summed E-state index contributed by atoms with van der Waals surface area (Å²) in [5, 5.41) is 20.7. The summed E-state index contributed by atoms with van der Waals surface area (Å²) in [7, 11) is 0. The van der Waals surface area contributed by atoms with E-state index in [-0.39, 0.29) is 48.8 Å². The SMILES string of the molecule is Cc1cc(CCC(=O)OCCOCCCOCCOC(=O)CCc2cc(C)c(O)c(C(C)(C)C)c2)cc(C(C)(C)C)c1O. The summed E-state index contributed by atoms with van der Waals surface area (Å²) < 4.78 is 21.6. The lowest BCUT2D eigenvalue weighted by Gasteiger charge is -2.22. The summed E-state index contributed by atoms with van der Waals surface area (Å²) in [6.45, 7) is 18.0. The average Bonchev–Trinajstić information content (AvgIpc) is 2.91. The summed E-state index contributed by atoms with van der Waals surface area (Å²) in [6, 6.07) is 7.76. The highest BCUT2D eigenvalue weighted by atomic mass is 16.6. The number of hydrogen-bond acceptors (Lipinski definition) is 8. The third-order valence-electron chi connectivity index (χ3n) is 7.13. The number of phenols is 2. The largest absolute Gasteiger partial charge is 0.507 e. The number of ether oxygens (including phenoxy) is 4. The van der Waals surface area contributed by atoms with E-state index < -0.39 is 0 Å². The minimum atomic E-state index is -0.280. The zero-order valence-electron chi connectivity index (χ0n) is 27.4. The molecule has 0 atom stereocenters. The van der Waals surface area contributed by atoms with Gasteiger partial charge in [-0.15, -0.1) is 0 Å². The first-order valence-corrected chi connectivity index (χ1v) is 15.2. The molecule has 0 aromatic heterocycles. The maximum atomic E-state index is 12.1. The van der Waals surface area contributed by atoms with Gasteiger partial charge >= 0.3 is 11.9 Å². The second kappa shape index (κ2) is 16.7. The number of carbonyl (C=O) groups excluding carboxylic acids is 2. The Morgan fingerprint density at radius 1 is 0.605 bits per heavy atom. The van der Waals surface area contributed by atoms with Crippen LogP contribution >= 0.6 is 0 Å². The molecule has 0 spiro atoms. The van der Waals surface area contributed by atoms with Gasteiger partial charge in [0.15, 0.2) is 0 Å². The normalized spacial score (nSPS) is 11.9. The summed E-state index contributed by atoms with van der Waals surface area (Å²) >= 11 is 0. The summed E-state index contributed by atoms with van der Waals surface area (Å²) in [5.74, 6) is 0.0651. The summed E-state index contributed by atoms with van der Waals surface area (Å²) in [5.41, 5.74) is 4.99. The van der Waals surface area contributed by atoms with E-state index in [2.05, 4.69) is 41.5 Å². The average molecular weight is 601 g/mol. The van der Waals surface area contributed by atoms with Gasteiger partial charge < -0.3 is 29.2 Å². The van der Waals surface area contributed by atoms with Crippen LogP contribution in [0.1, 0.15) is 94.2 Å². The van der Waals surface area contributed by atoms with Gasteiger partial charge in [0.2, 0.25) is 0 Å². The van der Waals surface area contributed by atoms with E-state index in [1.54, 1.807) is 0 Å². The highest BCUT2D eigenvalue weighted by Gasteiger charge is 2.21. The van der Waals surface area contributed by atoms with Crippen molar-refractivity contribution in [2.45, 2.75) is 98.3 Å². The maximum Gasteiger partial charge on any atom is 0.306 e. The van der Waals surface area contributed by atoms with Gasteiger partial charge in [0, 0.05) is 26.1 Å². The summed E-state index contributed by atoms with van der Waals surface area (Å²) in [6.07, 6.45) is 2.30. The minimum Gasteiger partial charge on any atom is -0.507 e. The van der Waals surface area contributed by atoms with Crippen LogP contribution in [0, 0.1) is 13.8 Å². The summed E-state index contributed by atoms with van der Waals surface area (Å²) in [4.78, 5) is 24.3. The van der Waals surface area contributed by atoms with Gasteiger partial charge in [-0.3, -0.25) is 9.59 Å². The van der Waals surface area contributed by atoms with Gasteiger partial charge in [0.1, 0.15) is 24.7 Å². The molecule has 2 aromatic rings. The molecule has 0 saturated carbocycles. The first-order chi connectivity index (χ1) is 20.1. The molecule has 43 heavy (non-hydrogen) atoms. The number of esters is 2. The van der Waals surface area contributed by atoms with Crippen LogP contribution in [0.4, 0.5) is 0 Å². The van der Waals surface area contributed by atoms with Crippen molar-refractivity contribution in [1.29, 1.82) is 0 Å². The molecule has 0 radical (unpaired) electrons. The molecule has 0 unspecified atom stereocenters. The van der Waals surface area contributed by atoms with Gasteiger partial charge in [-0.2, -0.15) is 0 Å². The predicted molar refractivity (Wildman–Crippen MR) is 168 cm³/mol. The van der Waals surface area contributed by atoms with Crippen molar-refractivity contribution in [1.82, 2.24) is 0 Å². The van der Waals surface area contributed by atoms with Crippen LogP contribution in [0.3, 0.4) is 0 Å². The molecule has 240 valence electrons. The van der Waals surface area contributed by atoms with Crippen LogP contribution in [0.25, 0.3) is 0 Å². The molecule has 2 rings (SSSR count). The molecule has 0 heterocycles. The predicted octanol–water partition coefficient (Wildman–Crippen LogP) is 6.38. The van der Waals surface area contributed by atoms with Crippen molar-refractivity contribution in [3.63, 3.8) is 0 Å². The van der Waals surface area contributed by atoms with Crippen LogP contribution in [-0.2, 0) is 52.2 Å². The molecule has 8 nitrogen and oxygen atoms in total. The fraction of sp³-hybridized carbons (Fsp3) is 0.600. The monoisotopic (exact) mass is 600 g/mol.